The molecule has 4 nitrogen and oxygen atoms in total. The zero-order valence-corrected chi connectivity index (χ0v) is 11.2. The largest absolute Gasteiger partial charge is 0.328 e. The lowest BCUT2D eigenvalue weighted by molar-refractivity contribution is 0.339. The average Bonchev–Trinajstić information content (AvgIpc) is 2.94. The highest BCUT2D eigenvalue weighted by Crippen LogP contribution is 2.39. The molecule has 3 aliphatic rings. The lowest BCUT2D eigenvalue weighted by Crippen LogP contribution is -2.39. The second kappa shape index (κ2) is 4.78. The number of nitrogens with one attached hydrogen (secondary N) is 1. The van der Waals surface area contributed by atoms with Crippen molar-refractivity contribution in [3.8, 4) is 0 Å². The standard InChI is InChI=1S/C12H22N4S/c1-16-7-17-12(15-16)10-6-11(10)14-9-4-2-8(13)3-5-9/h8-11,14H,2-7,13H2,1H3. The molecule has 0 aromatic rings. The van der Waals surface area contributed by atoms with Crippen LogP contribution in [0.2, 0.25) is 0 Å². The molecule has 17 heavy (non-hydrogen) atoms. The molecule has 0 radical (unpaired) electrons. The number of nitrogens with zero attached hydrogens (tertiary/aromatic N) is 2. The molecular formula is C12H22N4S. The molecular weight excluding hydrogens is 232 g/mol. The van der Waals surface area contributed by atoms with Crippen LogP contribution in [0.1, 0.15) is 32.1 Å². The summed E-state index contributed by atoms with van der Waals surface area (Å²) in [5, 5.41) is 11.7. The van der Waals surface area contributed by atoms with Crippen molar-refractivity contribution in [1.82, 2.24) is 10.3 Å². The summed E-state index contributed by atoms with van der Waals surface area (Å²) in [5.41, 5.74) is 5.93. The Morgan fingerprint density at radius 3 is 2.76 bits per heavy atom. The molecule has 2 atom stereocenters. The van der Waals surface area contributed by atoms with Gasteiger partial charge in [0.05, 0.1) is 10.9 Å². The second-order valence-electron chi connectivity index (χ2n) is 5.60. The molecule has 3 rings (SSSR count). The molecule has 0 amide bonds. The molecule has 2 unspecified atom stereocenters. The number of hydrazone groups is 1. The van der Waals surface area contributed by atoms with Crippen molar-refractivity contribution in [2.24, 2.45) is 16.8 Å². The molecule has 0 spiro atoms. The Bertz CT molecular complexity index is 312. The van der Waals surface area contributed by atoms with Crippen molar-refractivity contribution in [3.63, 3.8) is 0 Å². The maximum absolute atomic E-state index is 5.93. The number of nitrogens with two attached hydrogens (primary N) is 1. The van der Waals surface area contributed by atoms with Gasteiger partial charge in [0.25, 0.3) is 0 Å². The molecule has 5 heteroatoms. The molecule has 1 heterocycles. The number of rotatable bonds is 3. The summed E-state index contributed by atoms with van der Waals surface area (Å²) in [6, 6.07) is 1.84. The Labute approximate surface area is 107 Å². The maximum atomic E-state index is 5.93. The number of thioether (sulfide) groups is 1. The van der Waals surface area contributed by atoms with Crippen LogP contribution in [0.25, 0.3) is 0 Å². The van der Waals surface area contributed by atoms with Crippen molar-refractivity contribution in [2.45, 2.75) is 50.2 Å². The van der Waals surface area contributed by atoms with E-state index >= 15 is 0 Å². The average molecular weight is 254 g/mol. The summed E-state index contributed by atoms with van der Waals surface area (Å²) in [6.07, 6.45) is 6.16. The van der Waals surface area contributed by atoms with Crippen LogP contribution in [0.15, 0.2) is 5.10 Å². The Hall–Kier alpha value is -0.260. The van der Waals surface area contributed by atoms with Gasteiger partial charge in [0, 0.05) is 31.1 Å². The normalized spacial score (nSPS) is 41.5. The van der Waals surface area contributed by atoms with E-state index in [0.29, 0.717) is 24.0 Å². The molecule has 2 saturated carbocycles. The first-order valence-corrected chi connectivity index (χ1v) is 7.65. The fourth-order valence-electron chi connectivity index (χ4n) is 2.81. The van der Waals surface area contributed by atoms with Gasteiger partial charge in [0.15, 0.2) is 0 Å². The lowest BCUT2D eigenvalue weighted by Gasteiger charge is -2.27. The van der Waals surface area contributed by atoms with E-state index in [2.05, 4.69) is 10.4 Å². The first-order chi connectivity index (χ1) is 8.22. The fourth-order valence-corrected chi connectivity index (χ4v) is 3.86. The van der Waals surface area contributed by atoms with Crippen LogP contribution >= 0.6 is 11.8 Å². The van der Waals surface area contributed by atoms with Crippen LogP contribution in [0, 0.1) is 5.92 Å². The summed E-state index contributed by atoms with van der Waals surface area (Å²) in [4.78, 5) is 0. The van der Waals surface area contributed by atoms with E-state index in [-0.39, 0.29) is 0 Å². The predicted molar refractivity (Wildman–Crippen MR) is 72.9 cm³/mol. The summed E-state index contributed by atoms with van der Waals surface area (Å²) in [5.74, 6) is 1.72. The SMILES string of the molecule is CN1CSC(C2CC2NC2CCC(N)CC2)=N1. The highest BCUT2D eigenvalue weighted by Gasteiger charge is 2.43. The summed E-state index contributed by atoms with van der Waals surface area (Å²) >= 11 is 1.90. The fraction of sp³-hybridized carbons (Fsp3) is 0.917. The summed E-state index contributed by atoms with van der Waals surface area (Å²) in [6.45, 7) is 0. The molecule has 96 valence electrons. The Kier molecular flexibility index (Phi) is 3.32. The van der Waals surface area contributed by atoms with Crippen LogP contribution < -0.4 is 11.1 Å². The van der Waals surface area contributed by atoms with Gasteiger partial charge in [-0.25, -0.2) is 0 Å². The van der Waals surface area contributed by atoms with E-state index in [9.17, 15) is 0 Å². The van der Waals surface area contributed by atoms with Gasteiger partial charge >= 0.3 is 0 Å². The van der Waals surface area contributed by atoms with E-state index in [1.54, 1.807) is 0 Å². The van der Waals surface area contributed by atoms with Gasteiger partial charge in [-0.2, -0.15) is 5.10 Å². The van der Waals surface area contributed by atoms with Crippen LogP contribution in [-0.2, 0) is 0 Å². The minimum atomic E-state index is 0.450. The van der Waals surface area contributed by atoms with Gasteiger partial charge in [0.2, 0.25) is 0 Å². The molecule has 0 aromatic carbocycles. The Morgan fingerprint density at radius 2 is 2.12 bits per heavy atom. The Morgan fingerprint density at radius 1 is 1.35 bits per heavy atom. The van der Waals surface area contributed by atoms with Crippen molar-refractivity contribution >= 4 is 16.8 Å². The second-order valence-corrected chi connectivity index (χ2v) is 6.56. The van der Waals surface area contributed by atoms with E-state index in [1.165, 1.54) is 37.1 Å². The highest BCUT2D eigenvalue weighted by atomic mass is 32.2. The first-order valence-electron chi connectivity index (χ1n) is 6.66. The van der Waals surface area contributed by atoms with E-state index in [1.807, 2.05) is 23.8 Å². The third-order valence-electron chi connectivity index (χ3n) is 4.00. The monoisotopic (exact) mass is 254 g/mol. The van der Waals surface area contributed by atoms with Crippen molar-refractivity contribution in [3.05, 3.63) is 0 Å². The van der Waals surface area contributed by atoms with Crippen LogP contribution in [-0.4, -0.2) is 41.1 Å². The predicted octanol–water partition coefficient (Wildman–Crippen LogP) is 1.18. The summed E-state index contributed by atoms with van der Waals surface area (Å²) in [7, 11) is 2.05. The topological polar surface area (TPSA) is 53.6 Å². The summed E-state index contributed by atoms with van der Waals surface area (Å²) < 4.78 is 0. The van der Waals surface area contributed by atoms with Crippen LogP contribution in [0.3, 0.4) is 0 Å². The van der Waals surface area contributed by atoms with E-state index in [4.69, 9.17) is 5.73 Å². The maximum Gasteiger partial charge on any atom is 0.0998 e. The zero-order valence-electron chi connectivity index (χ0n) is 10.4. The molecule has 0 aromatic heterocycles. The molecule has 0 saturated heterocycles. The van der Waals surface area contributed by atoms with Crippen molar-refractivity contribution < 1.29 is 0 Å². The van der Waals surface area contributed by atoms with E-state index < -0.39 is 0 Å². The lowest BCUT2D eigenvalue weighted by atomic mass is 9.92. The van der Waals surface area contributed by atoms with Crippen molar-refractivity contribution in [2.75, 3.05) is 12.9 Å². The van der Waals surface area contributed by atoms with Gasteiger partial charge in [-0.15, -0.1) is 0 Å². The molecule has 0 bridgehead atoms. The Balaban J connectivity index is 1.45. The highest BCUT2D eigenvalue weighted by molar-refractivity contribution is 8.14. The molecule has 1 aliphatic heterocycles. The van der Waals surface area contributed by atoms with Crippen LogP contribution in [0.4, 0.5) is 0 Å². The van der Waals surface area contributed by atoms with Gasteiger partial charge in [-0.05, 0) is 32.1 Å². The minimum Gasteiger partial charge on any atom is -0.328 e. The van der Waals surface area contributed by atoms with Gasteiger partial charge in [-0.1, -0.05) is 11.8 Å². The van der Waals surface area contributed by atoms with Gasteiger partial charge in [-0.3, -0.25) is 5.01 Å². The first kappa shape index (κ1) is 11.8. The number of hydrogen-bond acceptors (Lipinski definition) is 5. The quantitative estimate of drug-likeness (QED) is 0.794. The number of hydrogen-bond donors (Lipinski definition) is 2. The smallest absolute Gasteiger partial charge is 0.0998 e. The van der Waals surface area contributed by atoms with Gasteiger partial charge < -0.3 is 11.1 Å². The molecule has 2 fully saturated rings. The zero-order chi connectivity index (χ0) is 11.8. The van der Waals surface area contributed by atoms with Gasteiger partial charge in [0.1, 0.15) is 0 Å². The minimum absolute atomic E-state index is 0.450. The third kappa shape index (κ3) is 2.77. The van der Waals surface area contributed by atoms with Crippen molar-refractivity contribution in [1.29, 1.82) is 0 Å². The molecule has 3 N–H and O–H groups in total. The molecule has 2 aliphatic carbocycles. The van der Waals surface area contributed by atoms with E-state index in [0.717, 1.165) is 5.88 Å². The van der Waals surface area contributed by atoms with Crippen LogP contribution in [0.5, 0.6) is 0 Å². The third-order valence-corrected chi connectivity index (χ3v) is 5.18.